The molecule has 0 radical (unpaired) electrons. The van der Waals surface area contributed by atoms with E-state index in [1.54, 1.807) is 39.7 Å². The van der Waals surface area contributed by atoms with E-state index in [0.717, 1.165) is 43.1 Å². The van der Waals surface area contributed by atoms with Crippen LogP contribution < -0.4 is 4.90 Å². The average molecular weight is 399 g/mol. The van der Waals surface area contributed by atoms with Crippen molar-refractivity contribution in [1.29, 1.82) is 0 Å². The molecule has 4 rings (SSSR count). The van der Waals surface area contributed by atoms with Gasteiger partial charge in [-0.15, -0.1) is 11.3 Å². The number of piperidine rings is 1. The maximum Gasteiger partial charge on any atom is 0.273 e. The highest BCUT2D eigenvalue weighted by Gasteiger charge is 2.25. The van der Waals surface area contributed by atoms with Crippen LogP contribution in [-0.4, -0.2) is 57.0 Å². The molecule has 8 heteroatoms. The monoisotopic (exact) mass is 398 g/mol. The number of aryl methyl sites for hydroxylation is 3. The van der Waals surface area contributed by atoms with Gasteiger partial charge < -0.3 is 14.4 Å². The third kappa shape index (κ3) is 3.48. The van der Waals surface area contributed by atoms with Crippen LogP contribution in [0.4, 0.5) is 5.82 Å². The molecule has 0 unspecified atom stereocenters. The van der Waals surface area contributed by atoms with Crippen LogP contribution >= 0.6 is 11.3 Å². The van der Waals surface area contributed by atoms with Crippen molar-refractivity contribution in [2.45, 2.75) is 26.7 Å². The second-order valence-corrected chi connectivity index (χ2v) is 8.90. The predicted octanol–water partition coefficient (Wildman–Crippen LogP) is 3.03. The highest BCUT2D eigenvalue weighted by atomic mass is 32.1. The van der Waals surface area contributed by atoms with Crippen molar-refractivity contribution in [3.8, 4) is 0 Å². The Balaban J connectivity index is 1.41. The van der Waals surface area contributed by atoms with Crippen molar-refractivity contribution in [3.05, 3.63) is 35.0 Å². The van der Waals surface area contributed by atoms with E-state index in [-0.39, 0.29) is 5.91 Å². The summed E-state index contributed by atoms with van der Waals surface area (Å²) in [6.07, 6.45) is 7.21. The molecular weight excluding hydrogens is 372 g/mol. The van der Waals surface area contributed by atoms with Crippen LogP contribution in [0.2, 0.25) is 0 Å². The number of hydrogen-bond acceptors (Lipinski definition) is 6. The number of anilines is 1. The molecule has 1 saturated heterocycles. The van der Waals surface area contributed by atoms with Crippen molar-refractivity contribution < 1.29 is 4.79 Å². The molecule has 1 aliphatic rings. The van der Waals surface area contributed by atoms with Gasteiger partial charge >= 0.3 is 0 Å². The number of hydrogen-bond donors (Lipinski definition) is 0. The number of amides is 1. The van der Waals surface area contributed by atoms with Gasteiger partial charge in [-0.1, -0.05) is 0 Å². The van der Waals surface area contributed by atoms with Gasteiger partial charge in [0.15, 0.2) is 0 Å². The van der Waals surface area contributed by atoms with E-state index < -0.39 is 0 Å². The van der Waals surface area contributed by atoms with Crippen LogP contribution in [0.5, 0.6) is 0 Å². The third-order valence-electron chi connectivity index (χ3n) is 5.66. The molecule has 7 nitrogen and oxygen atoms in total. The summed E-state index contributed by atoms with van der Waals surface area (Å²) in [5.74, 6) is 1.55. The molecule has 0 spiro atoms. The Morgan fingerprint density at radius 1 is 1.25 bits per heavy atom. The van der Waals surface area contributed by atoms with E-state index in [9.17, 15) is 4.79 Å². The normalized spacial score (nSPS) is 15.4. The number of nitrogens with zero attached hydrogens (tertiary/aromatic N) is 6. The van der Waals surface area contributed by atoms with Crippen LogP contribution in [0.15, 0.2) is 18.9 Å². The Morgan fingerprint density at radius 3 is 2.68 bits per heavy atom. The second-order valence-electron chi connectivity index (χ2n) is 7.70. The Bertz CT molecular complexity index is 1000. The molecule has 0 atom stereocenters. The molecule has 4 heterocycles. The van der Waals surface area contributed by atoms with Crippen LogP contribution in [0.3, 0.4) is 0 Å². The van der Waals surface area contributed by atoms with Crippen LogP contribution in [0, 0.1) is 19.8 Å². The Labute approximate surface area is 169 Å². The summed E-state index contributed by atoms with van der Waals surface area (Å²) in [5.41, 5.74) is 1.80. The van der Waals surface area contributed by atoms with Gasteiger partial charge in [0.1, 0.15) is 22.7 Å². The topological polar surface area (TPSA) is 67.2 Å². The van der Waals surface area contributed by atoms with E-state index in [0.29, 0.717) is 11.6 Å². The van der Waals surface area contributed by atoms with Crippen molar-refractivity contribution >= 4 is 33.3 Å². The lowest BCUT2D eigenvalue weighted by molar-refractivity contribution is 0.0759. The minimum atomic E-state index is -0.00934. The Kier molecular flexibility index (Phi) is 5.05. The van der Waals surface area contributed by atoms with Crippen LogP contribution in [0.25, 0.3) is 10.2 Å². The fourth-order valence-corrected chi connectivity index (χ4v) is 4.91. The molecule has 0 aromatic carbocycles. The second kappa shape index (κ2) is 7.50. The Morgan fingerprint density at radius 2 is 2.00 bits per heavy atom. The molecule has 148 valence electrons. The number of thiophene rings is 1. The summed E-state index contributed by atoms with van der Waals surface area (Å²) in [6.45, 7) is 6.98. The van der Waals surface area contributed by atoms with Crippen molar-refractivity contribution in [2.24, 2.45) is 13.0 Å². The molecular formula is C20H26N6OS. The first kappa shape index (κ1) is 18.9. The first-order valence-corrected chi connectivity index (χ1v) is 10.4. The lowest BCUT2D eigenvalue weighted by Gasteiger charge is -2.34. The van der Waals surface area contributed by atoms with Crippen LogP contribution in [0.1, 0.15) is 33.8 Å². The van der Waals surface area contributed by atoms with Gasteiger partial charge in [0.05, 0.1) is 11.7 Å². The van der Waals surface area contributed by atoms with E-state index in [1.165, 1.54) is 15.8 Å². The first-order chi connectivity index (χ1) is 13.4. The van der Waals surface area contributed by atoms with E-state index in [4.69, 9.17) is 0 Å². The highest BCUT2D eigenvalue weighted by Crippen LogP contribution is 2.35. The van der Waals surface area contributed by atoms with Crippen molar-refractivity contribution in [3.63, 3.8) is 0 Å². The van der Waals surface area contributed by atoms with Gasteiger partial charge in [-0.3, -0.25) is 4.79 Å². The summed E-state index contributed by atoms with van der Waals surface area (Å²) < 4.78 is 1.80. The molecule has 1 amide bonds. The number of carbonyl (C=O) groups is 1. The van der Waals surface area contributed by atoms with Gasteiger partial charge in [-0.2, -0.15) is 0 Å². The van der Waals surface area contributed by atoms with Gasteiger partial charge in [-0.25, -0.2) is 15.0 Å². The maximum absolute atomic E-state index is 12.5. The van der Waals surface area contributed by atoms with Gasteiger partial charge in [-0.05, 0) is 38.2 Å². The molecule has 3 aromatic heterocycles. The fraction of sp³-hybridized carbons (Fsp3) is 0.500. The van der Waals surface area contributed by atoms with E-state index in [2.05, 4.69) is 33.7 Å². The summed E-state index contributed by atoms with van der Waals surface area (Å²) in [4.78, 5) is 32.3. The molecule has 0 saturated carbocycles. The molecule has 1 aliphatic heterocycles. The molecule has 0 N–H and O–H groups in total. The summed E-state index contributed by atoms with van der Waals surface area (Å²) in [6, 6.07) is 0. The molecule has 0 bridgehead atoms. The largest absolute Gasteiger partial charge is 0.356 e. The summed E-state index contributed by atoms with van der Waals surface area (Å²) in [5, 5.41) is 1.20. The zero-order valence-corrected chi connectivity index (χ0v) is 17.7. The molecule has 0 aliphatic carbocycles. The lowest BCUT2D eigenvalue weighted by Crippen LogP contribution is -2.40. The Hall–Kier alpha value is -2.48. The summed E-state index contributed by atoms with van der Waals surface area (Å²) in [7, 11) is 3.75. The van der Waals surface area contributed by atoms with Crippen LogP contribution in [-0.2, 0) is 7.05 Å². The predicted molar refractivity (Wildman–Crippen MR) is 112 cm³/mol. The molecule has 28 heavy (non-hydrogen) atoms. The first-order valence-electron chi connectivity index (χ1n) is 9.63. The number of imidazole rings is 1. The standard InChI is InChI=1S/C20H26N6OS/c1-13-14(2)28-19-17(13)18(21-11-22-19)26-7-5-15(6-8-26)9-25(4)20(27)16-10-24(3)12-23-16/h10-12,15H,5-9H2,1-4H3. The minimum absolute atomic E-state index is 0.00934. The highest BCUT2D eigenvalue weighted by molar-refractivity contribution is 7.18. The SMILES string of the molecule is Cc1sc2ncnc(N3CCC(CN(C)C(=O)c4cn(C)cn4)CC3)c2c1C. The van der Waals surface area contributed by atoms with Gasteiger partial charge in [0, 0.05) is 44.8 Å². The number of fused-ring (bicyclic) bond motifs is 1. The zero-order valence-electron chi connectivity index (χ0n) is 16.8. The van der Waals surface area contributed by atoms with Crippen molar-refractivity contribution in [1.82, 2.24) is 24.4 Å². The van der Waals surface area contributed by atoms with Gasteiger partial charge in [0.25, 0.3) is 5.91 Å². The number of rotatable bonds is 4. The minimum Gasteiger partial charge on any atom is -0.356 e. The average Bonchev–Trinajstić information content (AvgIpc) is 3.25. The summed E-state index contributed by atoms with van der Waals surface area (Å²) >= 11 is 1.74. The maximum atomic E-state index is 12.5. The molecule has 1 fully saturated rings. The van der Waals surface area contributed by atoms with Crippen molar-refractivity contribution in [2.75, 3.05) is 31.6 Å². The number of aromatic nitrogens is 4. The lowest BCUT2D eigenvalue weighted by atomic mass is 9.96. The number of carbonyl (C=O) groups excluding carboxylic acids is 1. The quantitative estimate of drug-likeness (QED) is 0.676. The smallest absolute Gasteiger partial charge is 0.273 e. The van der Waals surface area contributed by atoms with E-state index >= 15 is 0 Å². The fourth-order valence-electron chi connectivity index (χ4n) is 3.92. The zero-order chi connectivity index (χ0) is 19.8. The molecule has 3 aromatic rings. The third-order valence-corrected chi connectivity index (χ3v) is 6.78. The van der Waals surface area contributed by atoms with Gasteiger partial charge in [0.2, 0.25) is 0 Å². The van der Waals surface area contributed by atoms with E-state index in [1.807, 2.05) is 14.1 Å².